The van der Waals surface area contributed by atoms with Gasteiger partial charge in [-0.2, -0.15) is 0 Å². The highest BCUT2D eigenvalue weighted by atomic mass is 16.5. The molecule has 0 unspecified atom stereocenters. The Balaban J connectivity index is 0.000000388. The van der Waals surface area contributed by atoms with Gasteiger partial charge in [-0.3, -0.25) is 4.79 Å². The Bertz CT molecular complexity index is 966. The van der Waals surface area contributed by atoms with E-state index in [1.807, 2.05) is 19.1 Å². The first kappa shape index (κ1) is 40.5. The second-order valence-corrected chi connectivity index (χ2v) is 12.3. The lowest BCUT2D eigenvalue weighted by molar-refractivity contribution is 0.102. The minimum Gasteiger partial charge on any atom is -0.478 e. The molecule has 2 aromatic rings. The van der Waals surface area contributed by atoms with E-state index in [1.165, 1.54) is 114 Å². The fraction of sp³-hybridized carbons (Fsp3) is 0.684. The van der Waals surface area contributed by atoms with Gasteiger partial charge in [0.1, 0.15) is 0 Å². The van der Waals surface area contributed by atoms with E-state index in [1.54, 1.807) is 18.3 Å². The van der Waals surface area contributed by atoms with Crippen molar-refractivity contribution >= 4 is 11.6 Å². The zero-order valence-electron chi connectivity index (χ0n) is 29.1. The summed E-state index contributed by atoms with van der Waals surface area (Å²) < 4.78 is 5.33. The third kappa shape index (κ3) is 20.3. The Morgan fingerprint density at radius 2 is 1.33 bits per heavy atom. The Kier molecular flexibility index (Phi) is 25.0. The summed E-state index contributed by atoms with van der Waals surface area (Å²) in [7, 11) is 0. The molecule has 7 nitrogen and oxygen atoms in total. The summed E-state index contributed by atoms with van der Waals surface area (Å²) in [5.74, 6) is 0.292. The average molecular weight is 626 g/mol. The molecule has 3 rings (SSSR count). The van der Waals surface area contributed by atoms with Crippen LogP contribution in [0.5, 0.6) is 5.88 Å². The summed E-state index contributed by atoms with van der Waals surface area (Å²) in [6.45, 7) is 8.66. The molecule has 0 aliphatic heterocycles. The van der Waals surface area contributed by atoms with Gasteiger partial charge in [0.2, 0.25) is 5.88 Å². The minimum atomic E-state index is -0.166. The largest absolute Gasteiger partial charge is 0.478 e. The third-order valence-electron chi connectivity index (χ3n) is 8.14. The maximum Gasteiger partial charge on any atom is 0.255 e. The van der Waals surface area contributed by atoms with E-state index in [9.17, 15) is 4.79 Å². The number of aryl methyl sites for hydroxylation is 1. The number of aromatic nitrogens is 1. The molecule has 0 bridgehead atoms. The summed E-state index contributed by atoms with van der Waals surface area (Å²) in [5.41, 5.74) is 20.7. The minimum absolute atomic E-state index is 0.166. The van der Waals surface area contributed by atoms with Crippen LogP contribution < -0.4 is 27.3 Å². The van der Waals surface area contributed by atoms with Gasteiger partial charge in [-0.25, -0.2) is 4.98 Å². The van der Waals surface area contributed by atoms with Crippen LogP contribution in [0.25, 0.3) is 0 Å². The molecule has 7 heteroatoms. The van der Waals surface area contributed by atoms with Crippen molar-refractivity contribution in [2.24, 2.45) is 17.2 Å². The number of fused-ring (bicyclic) bond motifs is 1. The fourth-order valence-electron chi connectivity index (χ4n) is 5.40. The lowest BCUT2D eigenvalue weighted by atomic mass is 9.88. The Hall–Kier alpha value is -2.48. The second kappa shape index (κ2) is 27.8. The monoisotopic (exact) mass is 626 g/mol. The van der Waals surface area contributed by atoms with Crippen LogP contribution in [0.15, 0.2) is 36.5 Å². The van der Waals surface area contributed by atoms with Crippen LogP contribution in [-0.2, 0) is 12.8 Å². The van der Waals surface area contributed by atoms with Gasteiger partial charge in [0.25, 0.3) is 5.91 Å². The number of carbonyl (C=O) groups is 1. The zero-order chi connectivity index (χ0) is 33.0. The van der Waals surface area contributed by atoms with Crippen molar-refractivity contribution in [2.75, 3.05) is 25.0 Å². The number of nitrogens with zero attached hydrogens (tertiary/aromatic N) is 1. The number of pyridine rings is 1. The predicted octanol–water partition coefficient (Wildman–Crippen LogP) is 8.72. The number of hydrogen-bond donors (Lipinski definition) is 4. The Morgan fingerprint density at radius 3 is 1.87 bits per heavy atom. The van der Waals surface area contributed by atoms with Crippen LogP contribution in [0.4, 0.5) is 5.69 Å². The number of carbonyl (C=O) groups excluding carboxylic acids is 1. The first-order valence-electron chi connectivity index (χ1n) is 18.2. The number of anilines is 1. The standard InChI is InChI=1S/C18H21N3O2.2C10H23N/c1-2-23-17-11-14(7-8-20-17)18(22)21-16-6-4-12-9-15(19)5-3-13(12)10-16;2*1-2-3-4-5-6-7-8-9-10-11/h4,6-8,10-11,15H,2-3,5,9,19H2,1H3,(H,21,22);2*2-11H2,1H3/t15-;;/m0../s1. The summed E-state index contributed by atoms with van der Waals surface area (Å²) in [6, 6.07) is 9.60. The molecule has 0 saturated carbocycles. The van der Waals surface area contributed by atoms with Crippen LogP contribution in [-0.4, -0.2) is 36.6 Å². The van der Waals surface area contributed by atoms with E-state index >= 15 is 0 Å². The quantitative estimate of drug-likeness (QED) is 0.109. The number of rotatable bonds is 20. The molecular weight excluding hydrogens is 558 g/mol. The van der Waals surface area contributed by atoms with Gasteiger partial charge >= 0.3 is 0 Å². The summed E-state index contributed by atoms with van der Waals surface area (Å²) in [5, 5.41) is 2.94. The molecule has 1 aliphatic rings. The number of nitrogens with one attached hydrogen (secondary N) is 1. The lowest BCUT2D eigenvalue weighted by Crippen LogP contribution is -2.27. The number of ether oxygens (including phenoxy) is 1. The van der Waals surface area contributed by atoms with E-state index in [0.717, 1.165) is 38.0 Å². The molecular formula is C38H67N5O2. The van der Waals surface area contributed by atoms with Gasteiger partial charge in [-0.05, 0) is 81.4 Å². The van der Waals surface area contributed by atoms with E-state index in [-0.39, 0.29) is 11.9 Å². The van der Waals surface area contributed by atoms with Crippen LogP contribution >= 0.6 is 0 Å². The maximum atomic E-state index is 12.4. The van der Waals surface area contributed by atoms with Crippen LogP contribution in [0, 0.1) is 0 Å². The van der Waals surface area contributed by atoms with Gasteiger partial charge in [0.15, 0.2) is 0 Å². The molecule has 1 aliphatic carbocycles. The molecule has 1 aromatic carbocycles. The van der Waals surface area contributed by atoms with Gasteiger partial charge in [-0.1, -0.05) is 110 Å². The number of hydrogen-bond acceptors (Lipinski definition) is 6. The fourth-order valence-corrected chi connectivity index (χ4v) is 5.40. The van der Waals surface area contributed by atoms with E-state index < -0.39 is 0 Å². The number of unbranched alkanes of at least 4 members (excludes halogenated alkanes) is 14. The van der Waals surface area contributed by atoms with Crippen molar-refractivity contribution in [3.63, 3.8) is 0 Å². The number of benzene rings is 1. The predicted molar refractivity (Wildman–Crippen MR) is 193 cm³/mol. The van der Waals surface area contributed by atoms with E-state index in [0.29, 0.717) is 18.1 Å². The summed E-state index contributed by atoms with van der Waals surface area (Å²) in [4.78, 5) is 16.4. The van der Waals surface area contributed by atoms with E-state index in [2.05, 4.69) is 30.2 Å². The van der Waals surface area contributed by atoms with Crippen molar-refractivity contribution in [3.8, 4) is 5.88 Å². The molecule has 1 amide bonds. The molecule has 1 heterocycles. The van der Waals surface area contributed by atoms with Gasteiger partial charge < -0.3 is 27.3 Å². The van der Waals surface area contributed by atoms with Crippen molar-refractivity contribution in [1.82, 2.24) is 4.98 Å². The maximum absolute atomic E-state index is 12.4. The van der Waals surface area contributed by atoms with Gasteiger partial charge in [-0.15, -0.1) is 0 Å². The molecule has 45 heavy (non-hydrogen) atoms. The number of nitrogens with two attached hydrogens (primary N) is 3. The summed E-state index contributed by atoms with van der Waals surface area (Å²) in [6.07, 6.45) is 26.4. The lowest BCUT2D eigenvalue weighted by Gasteiger charge is -2.22. The normalized spacial score (nSPS) is 13.5. The van der Waals surface area contributed by atoms with Gasteiger partial charge in [0, 0.05) is 29.6 Å². The van der Waals surface area contributed by atoms with Crippen molar-refractivity contribution in [1.29, 1.82) is 0 Å². The zero-order valence-corrected chi connectivity index (χ0v) is 29.1. The molecule has 256 valence electrons. The van der Waals surface area contributed by atoms with Gasteiger partial charge in [0.05, 0.1) is 6.61 Å². The van der Waals surface area contributed by atoms with Crippen LogP contribution in [0.1, 0.15) is 151 Å². The summed E-state index contributed by atoms with van der Waals surface area (Å²) >= 11 is 0. The molecule has 0 radical (unpaired) electrons. The first-order chi connectivity index (χ1) is 22.0. The average Bonchev–Trinajstić information content (AvgIpc) is 3.05. The van der Waals surface area contributed by atoms with Crippen LogP contribution in [0.2, 0.25) is 0 Å². The molecule has 7 N–H and O–H groups in total. The molecule has 1 aromatic heterocycles. The molecule has 1 atom stereocenters. The SMILES string of the molecule is CCCCCCCCCCN.CCCCCCCCCCN.CCOc1cc(C(=O)Nc2ccc3c(c2)CC[C@H](N)C3)ccn1. The van der Waals surface area contributed by atoms with E-state index in [4.69, 9.17) is 21.9 Å². The van der Waals surface area contributed by atoms with Crippen molar-refractivity contribution < 1.29 is 9.53 Å². The second-order valence-electron chi connectivity index (χ2n) is 12.3. The Morgan fingerprint density at radius 1 is 0.778 bits per heavy atom. The topological polar surface area (TPSA) is 129 Å². The molecule has 0 fully saturated rings. The van der Waals surface area contributed by atoms with Crippen LogP contribution in [0.3, 0.4) is 0 Å². The van der Waals surface area contributed by atoms with Crippen molar-refractivity contribution in [2.45, 2.75) is 149 Å². The first-order valence-corrected chi connectivity index (χ1v) is 18.2. The highest BCUT2D eigenvalue weighted by Crippen LogP contribution is 2.24. The Labute approximate surface area is 275 Å². The third-order valence-corrected chi connectivity index (χ3v) is 8.14. The number of amides is 1. The smallest absolute Gasteiger partial charge is 0.255 e. The highest BCUT2D eigenvalue weighted by Gasteiger charge is 2.16. The highest BCUT2D eigenvalue weighted by molar-refractivity contribution is 6.04. The molecule has 0 spiro atoms. The van der Waals surface area contributed by atoms with Crippen molar-refractivity contribution in [3.05, 3.63) is 53.2 Å². The molecule has 0 saturated heterocycles.